The molecule has 0 aliphatic heterocycles. The molecule has 0 aliphatic carbocycles. The SMILES string of the molecule is Cc1cc(Cl)cc(C)c1Oc1n[nH]c(=O)c2ccccc12. The first kappa shape index (κ1) is 13.6. The summed E-state index contributed by atoms with van der Waals surface area (Å²) in [6.07, 6.45) is 0. The van der Waals surface area contributed by atoms with Gasteiger partial charge in [-0.15, -0.1) is 5.10 Å². The Labute approximate surface area is 126 Å². The number of hydrogen-bond donors (Lipinski definition) is 1. The maximum atomic E-state index is 11.8. The second-order valence-corrected chi connectivity index (χ2v) is 5.31. The second kappa shape index (κ2) is 5.22. The van der Waals surface area contributed by atoms with Crippen molar-refractivity contribution in [1.82, 2.24) is 10.2 Å². The van der Waals surface area contributed by atoms with Crippen molar-refractivity contribution in [2.45, 2.75) is 13.8 Å². The molecule has 0 saturated heterocycles. The number of hydrogen-bond acceptors (Lipinski definition) is 3. The lowest BCUT2D eigenvalue weighted by molar-refractivity contribution is 0.454. The van der Waals surface area contributed by atoms with Gasteiger partial charge in [0, 0.05) is 5.02 Å². The third-order valence-corrected chi connectivity index (χ3v) is 3.50. The second-order valence-electron chi connectivity index (χ2n) is 4.87. The Morgan fingerprint density at radius 1 is 1.10 bits per heavy atom. The van der Waals surface area contributed by atoms with Crippen molar-refractivity contribution in [3.8, 4) is 11.6 Å². The highest BCUT2D eigenvalue weighted by Gasteiger charge is 2.12. The van der Waals surface area contributed by atoms with E-state index in [-0.39, 0.29) is 5.56 Å². The summed E-state index contributed by atoms with van der Waals surface area (Å²) in [6.45, 7) is 3.84. The first-order chi connectivity index (χ1) is 10.1. The monoisotopic (exact) mass is 300 g/mol. The van der Waals surface area contributed by atoms with Gasteiger partial charge >= 0.3 is 0 Å². The van der Waals surface area contributed by atoms with Gasteiger partial charge in [0.2, 0.25) is 5.88 Å². The van der Waals surface area contributed by atoms with Gasteiger partial charge in [-0.3, -0.25) is 4.79 Å². The first-order valence-electron chi connectivity index (χ1n) is 6.48. The Morgan fingerprint density at radius 3 is 2.38 bits per heavy atom. The fourth-order valence-electron chi connectivity index (χ4n) is 2.32. The molecule has 0 bridgehead atoms. The predicted octanol–water partition coefficient (Wildman–Crippen LogP) is 3.99. The van der Waals surface area contributed by atoms with Crippen molar-refractivity contribution in [2.75, 3.05) is 0 Å². The summed E-state index contributed by atoms with van der Waals surface area (Å²) in [5.41, 5.74) is 1.59. The maximum absolute atomic E-state index is 11.8. The molecule has 0 radical (unpaired) electrons. The quantitative estimate of drug-likeness (QED) is 0.778. The molecular formula is C16H13ClN2O2. The number of benzene rings is 2. The number of nitrogens with one attached hydrogen (secondary N) is 1. The molecule has 3 rings (SSSR count). The van der Waals surface area contributed by atoms with Gasteiger partial charge < -0.3 is 4.74 Å². The fourth-order valence-corrected chi connectivity index (χ4v) is 2.65. The largest absolute Gasteiger partial charge is 0.437 e. The van der Waals surface area contributed by atoms with Gasteiger partial charge in [0.25, 0.3) is 5.56 Å². The van der Waals surface area contributed by atoms with Crippen LogP contribution < -0.4 is 10.3 Å². The van der Waals surface area contributed by atoms with Crippen molar-refractivity contribution in [3.63, 3.8) is 0 Å². The van der Waals surface area contributed by atoms with E-state index in [1.54, 1.807) is 12.1 Å². The molecule has 2 aromatic carbocycles. The molecule has 0 amide bonds. The normalized spacial score (nSPS) is 10.8. The molecule has 1 N–H and O–H groups in total. The van der Waals surface area contributed by atoms with Gasteiger partial charge in [-0.05, 0) is 49.2 Å². The van der Waals surface area contributed by atoms with Gasteiger partial charge in [0.15, 0.2) is 0 Å². The Balaban J connectivity index is 2.16. The van der Waals surface area contributed by atoms with Crippen LogP contribution in [0.4, 0.5) is 0 Å². The number of nitrogens with zero attached hydrogens (tertiary/aromatic N) is 1. The van der Waals surface area contributed by atoms with Gasteiger partial charge in [-0.1, -0.05) is 23.7 Å². The fraction of sp³-hybridized carbons (Fsp3) is 0.125. The highest BCUT2D eigenvalue weighted by atomic mass is 35.5. The first-order valence-corrected chi connectivity index (χ1v) is 6.86. The van der Waals surface area contributed by atoms with Crippen molar-refractivity contribution in [2.24, 2.45) is 0 Å². The number of aryl methyl sites for hydroxylation is 2. The van der Waals surface area contributed by atoms with Crippen molar-refractivity contribution in [3.05, 3.63) is 62.9 Å². The standard InChI is InChI=1S/C16H13ClN2O2/c1-9-7-11(17)8-10(2)14(9)21-16-13-6-4-3-5-12(13)15(20)18-19-16/h3-8H,1-2H3,(H,18,20). The molecule has 106 valence electrons. The molecular weight excluding hydrogens is 288 g/mol. The predicted molar refractivity (Wildman–Crippen MR) is 83.4 cm³/mol. The van der Waals surface area contributed by atoms with Crippen LogP contribution in [0.1, 0.15) is 11.1 Å². The highest BCUT2D eigenvalue weighted by Crippen LogP contribution is 2.32. The van der Waals surface area contributed by atoms with E-state index in [0.717, 1.165) is 11.1 Å². The summed E-state index contributed by atoms with van der Waals surface area (Å²) in [5, 5.41) is 8.36. The summed E-state index contributed by atoms with van der Waals surface area (Å²) in [6, 6.07) is 10.9. The number of fused-ring (bicyclic) bond motifs is 1. The average Bonchev–Trinajstić information content (AvgIpc) is 2.45. The molecule has 1 aromatic heterocycles. The number of ether oxygens (including phenoxy) is 1. The van der Waals surface area contributed by atoms with E-state index in [4.69, 9.17) is 16.3 Å². The van der Waals surface area contributed by atoms with Gasteiger partial charge in [-0.2, -0.15) is 0 Å². The van der Waals surface area contributed by atoms with E-state index in [1.165, 1.54) is 0 Å². The van der Waals surface area contributed by atoms with Crippen LogP contribution in [0.3, 0.4) is 0 Å². The van der Waals surface area contributed by atoms with Crippen LogP contribution in [0.15, 0.2) is 41.2 Å². The summed E-state index contributed by atoms with van der Waals surface area (Å²) >= 11 is 6.02. The third kappa shape index (κ3) is 2.50. The smallest absolute Gasteiger partial charge is 0.272 e. The van der Waals surface area contributed by atoms with Gasteiger partial charge in [-0.25, -0.2) is 5.10 Å². The third-order valence-electron chi connectivity index (χ3n) is 3.28. The molecule has 4 nitrogen and oxygen atoms in total. The van der Waals surface area contributed by atoms with Crippen LogP contribution in [0.2, 0.25) is 5.02 Å². The lowest BCUT2D eigenvalue weighted by atomic mass is 10.1. The van der Waals surface area contributed by atoms with Crippen LogP contribution in [0.25, 0.3) is 10.8 Å². The maximum Gasteiger partial charge on any atom is 0.272 e. The summed E-state index contributed by atoms with van der Waals surface area (Å²) in [7, 11) is 0. The Bertz CT molecular complexity index is 864. The van der Waals surface area contributed by atoms with E-state index >= 15 is 0 Å². The van der Waals surface area contributed by atoms with Crippen LogP contribution >= 0.6 is 11.6 Å². The Hall–Kier alpha value is -2.33. The molecule has 0 spiro atoms. The number of halogens is 1. The van der Waals surface area contributed by atoms with E-state index in [0.29, 0.717) is 27.4 Å². The Kier molecular flexibility index (Phi) is 3.39. The molecule has 1 heterocycles. The minimum Gasteiger partial charge on any atom is -0.437 e. The van der Waals surface area contributed by atoms with Crippen LogP contribution in [0, 0.1) is 13.8 Å². The van der Waals surface area contributed by atoms with Gasteiger partial charge in [0.05, 0.1) is 10.8 Å². The zero-order chi connectivity index (χ0) is 15.0. The molecule has 5 heteroatoms. The zero-order valence-electron chi connectivity index (χ0n) is 11.6. The van der Waals surface area contributed by atoms with E-state index in [9.17, 15) is 4.79 Å². The highest BCUT2D eigenvalue weighted by molar-refractivity contribution is 6.30. The van der Waals surface area contributed by atoms with Crippen LogP contribution in [-0.4, -0.2) is 10.2 Å². The average molecular weight is 301 g/mol. The lowest BCUT2D eigenvalue weighted by Gasteiger charge is -2.12. The van der Waals surface area contributed by atoms with Crippen LogP contribution in [0.5, 0.6) is 11.6 Å². The molecule has 21 heavy (non-hydrogen) atoms. The zero-order valence-corrected chi connectivity index (χ0v) is 12.4. The van der Waals surface area contributed by atoms with E-state index in [1.807, 2.05) is 38.1 Å². The minimum absolute atomic E-state index is 0.234. The molecule has 0 saturated carbocycles. The molecule has 3 aromatic rings. The van der Waals surface area contributed by atoms with Crippen molar-refractivity contribution in [1.29, 1.82) is 0 Å². The number of aromatic nitrogens is 2. The molecule has 0 aliphatic rings. The molecule has 0 fully saturated rings. The number of rotatable bonds is 2. The lowest BCUT2D eigenvalue weighted by Crippen LogP contribution is -2.09. The molecule has 0 unspecified atom stereocenters. The summed E-state index contributed by atoms with van der Waals surface area (Å²) in [4.78, 5) is 11.8. The Morgan fingerprint density at radius 2 is 1.71 bits per heavy atom. The van der Waals surface area contributed by atoms with E-state index < -0.39 is 0 Å². The summed E-state index contributed by atoms with van der Waals surface area (Å²) in [5.74, 6) is 1.07. The molecule has 0 atom stereocenters. The van der Waals surface area contributed by atoms with E-state index in [2.05, 4.69) is 10.2 Å². The minimum atomic E-state index is -0.234. The topological polar surface area (TPSA) is 55.0 Å². The van der Waals surface area contributed by atoms with Crippen molar-refractivity contribution >= 4 is 22.4 Å². The number of aromatic amines is 1. The summed E-state index contributed by atoms with van der Waals surface area (Å²) < 4.78 is 5.92. The van der Waals surface area contributed by atoms with Crippen LogP contribution in [-0.2, 0) is 0 Å². The number of H-pyrrole nitrogens is 1. The van der Waals surface area contributed by atoms with Gasteiger partial charge in [0.1, 0.15) is 5.75 Å². The van der Waals surface area contributed by atoms with Crippen molar-refractivity contribution < 1.29 is 4.74 Å².